The number of hydrogen-bond acceptors (Lipinski definition) is 6. The summed E-state index contributed by atoms with van der Waals surface area (Å²) in [5.74, 6) is 2.43. The molecule has 2 aromatic rings. The number of benzene rings is 1. The van der Waals surface area contributed by atoms with Crippen molar-refractivity contribution in [3.8, 4) is 5.75 Å². The van der Waals surface area contributed by atoms with Crippen LogP contribution in [0.5, 0.6) is 5.75 Å². The molecular weight excluding hydrogens is 366 g/mol. The Labute approximate surface area is 172 Å². The summed E-state index contributed by atoms with van der Waals surface area (Å²) in [5, 5.41) is 3.57. The topological polar surface area (TPSA) is 91.9 Å². The smallest absolute Gasteiger partial charge is 0.234 e. The van der Waals surface area contributed by atoms with Crippen LogP contribution in [0.3, 0.4) is 0 Å². The van der Waals surface area contributed by atoms with Gasteiger partial charge in [0.05, 0.1) is 12.8 Å². The van der Waals surface area contributed by atoms with Gasteiger partial charge in [0, 0.05) is 31.4 Å². The van der Waals surface area contributed by atoms with Gasteiger partial charge in [-0.2, -0.15) is 4.98 Å². The number of aryl methyl sites for hydroxylation is 1. The van der Waals surface area contributed by atoms with E-state index in [1.54, 1.807) is 12.0 Å². The number of aromatic nitrogens is 2. The van der Waals surface area contributed by atoms with Gasteiger partial charge in [0.25, 0.3) is 0 Å². The first-order valence-electron chi connectivity index (χ1n) is 10.0. The number of nitrogens with zero attached hydrogens (tertiary/aromatic N) is 5. The van der Waals surface area contributed by atoms with Gasteiger partial charge in [-0.15, -0.1) is 0 Å². The van der Waals surface area contributed by atoms with E-state index in [2.05, 4.69) is 32.1 Å². The minimum absolute atomic E-state index is 0.321. The van der Waals surface area contributed by atoms with Crippen LogP contribution in [0.25, 0.3) is 0 Å². The maximum Gasteiger partial charge on any atom is 0.234 e. The normalized spacial score (nSPS) is 17.8. The molecule has 1 aromatic heterocycles. The van der Waals surface area contributed by atoms with Crippen molar-refractivity contribution in [2.24, 2.45) is 10.7 Å². The van der Waals surface area contributed by atoms with E-state index in [9.17, 15) is 0 Å². The summed E-state index contributed by atoms with van der Waals surface area (Å²) in [6, 6.07) is 9.76. The van der Waals surface area contributed by atoms with Crippen LogP contribution in [0, 0.1) is 6.92 Å². The zero-order chi connectivity index (χ0) is 20.8. The van der Waals surface area contributed by atoms with Gasteiger partial charge < -0.3 is 20.7 Å². The SMILES string of the molecule is CCN1CCCC(Nc2cc(C)nc(N(C)C(N)=Nc3ccc(OC)cc3)n2)C1. The summed E-state index contributed by atoms with van der Waals surface area (Å²) in [4.78, 5) is 17.8. The molecule has 0 aliphatic carbocycles. The van der Waals surface area contributed by atoms with E-state index < -0.39 is 0 Å². The van der Waals surface area contributed by atoms with Gasteiger partial charge in [0.1, 0.15) is 11.6 Å². The number of methoxy groups -OCH3 is 1. The number of rotatable bonds is 6. The van der Waals surface area contributed by atoms with Crippen LogP contribution in [-0.4, -0.2) is 60.7 Å². The Morgan fingerprint density at radius 3 is 2.79 bits per heavy atom. The van der Waals surface area contributed by atoms with Crippen molar-refractivity contribution >= 4 is 23.4 Å². The third kappa shape index (κ3) is 5.57. The fourth-order valence-corrected chi connectivity index (χ4v) is 3.41. The number of nitrogens with one attached hydrogen (secondary N) is 1. The van der Waals surface area contributed by atoms with E-state index in [-0.39, 0.29) is 0 Å². The zero-order valence-electron chi connectivity index (χ0n) is 17.7. The van der Waals surface area contributed by atoms with Crippen molar-refractivity contribution in [2.45, 2.75) is 32.7 Å². The second kappa shape index (κ2) is 9.56. The molecule has 156 valence electrons. The molecule has 1 saturated heterocycles. The molecule has 0 spiro atoms. The van der Waals surface area contributed by atoms with E-state index in [0.717, 1.165) is 42.5 Å². The molecule has 1 atom stereocenters. The fraction of sp³-hybridized carbons (Fsp3) is 0.476. The van der Waals surface area contributed by atoms with Crippen LogP contribution < -0.4 is 20.7 Å². The predicted molar refractivity (Wildman–Crippen MR) is 118 cm³/mol. The van der Waals surface area contributed by atoms with E-state index >= 15 is 0 Å². The third-order valence-electron chi connectivity index (χ3n) is 5.11. The lowest BCUT2D eigenvalue weighted by atomic mass is 10.1. The minimum Gasteiger partial charge on any atom is -0.497 e. The zero-order valence-corrected chi connectivity index (χ0v) is 17.7. The number of likely N-dealkylation sites (tertiary alicyclic amines) is 1. The summed E-state index contributed by atoms with van der Waals surface area (Å²) in [6.45, 7) is 7.44. The molecule has 1 aliphatic heterocycles. The van der Waals surface area contributed by atoms with Gasteiger partial charge in [-0.3, -0.25) is 4.90 Å². The molecule has 3 rings (SSSR count). The van der Waals surface area contributed by atoms with Crippen molar-refractivity contribution in [1.29, 1.82) is 0 Å². The lowest BCUT2D eigenvalue weighted by molar-refractivity contribution is 0.226. The summed E-state index contributed by atoms with van der Waals surface area (Å²) in [5.41, 5.74) is 7.83. The number of guanidine groups is 1. The summed E-state index contributed by atoms with van der Waals surface area (Å²) in [6.07, 6.45) is 2.34. The molecule has 1 aromatic carbocycles. The van der Waals surface area contributed by atoms with Gasteiger partial charge in [-0.1, -0.05) is 6.92 Å². The monoisotopic (exact) mass is 397 g/mol. The summed E-state index contributed by atoms with van der Waals surface area (Å²) >= 11 is 0. The van der Waals surface area contributed by atoms with E-state index in [1.165, 1.54) is 13.0 Å². The van der Waals surface area contributed by atoms with Gasteiger partial charge >= 0.3 is 0 Å². The molecule has 0 bridgehead atoms. The molecule has 1 aliphatic rings. The largest absolute Gasteiger partial charge is 0.497 e. The van der Waals surface area contributed by atoms with Crippen molar-refractivity contribution in [3.05, 3.63) is 36.0 Å². The van der Waals surface area contributed by atoms with Crippen LogP contribution in [0.4, 0.5) is 17.5 Å². The highest BCUT2D eigenvalue weighted by atomic mass is 16.5. The van der Waals surface area contributed by atoms with Crippen LogP contribution >= 0.6 is 0 Å². The number of hydrogen-bond donors (Lipinski definition) is 2. The first-order chi connectivity index (χ1) is 14.0. The Hall–Kier alpha value is -2.87. The van der Waals surface area contributed by atoms with Crippen LogP contribution in [0.2, 0.25) is 0 Å². The molecular formula is C21H31N7O. The maximum absolute atomic E-state index is 6.21. The van der Waals surface area contributed by atoms with Crippen LogP contribution in [0.15, 0.2) is 35.3 Å². The molecule has 8 heteroatoms. The van der Waals surface area contributed by atoms with Crippen molar-refractivity contribution in [2.75, 3.05) is 44.0 Å². The Morgan fingerprint density at radius 2 is 2.10 bits per heavy atom. The van der Waals surface area contributed by atoms with Crippen molar-refractivity contribution in [3.63, 3.8) is 0 Å². The van der Waals surface area contributed by atoms with Crippen molar-refractivity contribution in [1.82, 2.24) is 14.9 Å². The molecule has 0 saturated carbocycles. The quantitative estimate of drug-likeness (QED) is 0.572. The average Bonchev–Trinajstić information content (AvgIpc) is 2.73. The second-order valence-corrected chi connectivity index (χ2v) is 7.30. The molecule has 29 heavy (non-hydrogen) atoms. The van der Waals surface area contributed by atoms with E-state index in [1.807, 2.05) is 44.3 Å². The van der Waals surface area contributed by atoms with Gasteiger partial charge in [0.2, 0.25) is 11.9 Å². The number of likely N-dealkylation sites (N-methyl/N-ethyl adjacent to an activating group) is 1. The highest BCUT2D eigenvalue weighted by molar-refractivity contribution is 5.94. The molecule has 0 radical (unpaired) electrons. The summed E-state index contributed by atoms with van der Waals surface area (Å²) in [7, 11) is 3.45. The second-order valence-electron chi connectivity index (χ2n) is 7.30. The van der Waals surface area contributed by atoms with Crippen LogP contribution in [-0.2, 0) is 0 Å². The molecule has 1 unspecified atom stereocenters. The third-order valence-corrected chi connectivity index (χ3v) is 5.11. The first kappa shape index (κ1) is 20.9. The lowest BCUT2D eigenvalue weighted by Crippen LogP contribution is -2.42. The standard InChI is InChI=1S/C21H31N7O/c1-5-28-12-6-7-17(14-28)24-19-13-15(2)23-21(26-19)27(3)20(22)25-16-8-10-18(29-4)11-9-16/h8-11,13,17H,5-7,12,14H2,1-4H3,(H2,22,25)(H,23,24,26). The Bertz CT molecular complexity index is 837. The number of ether oxygens (including phenoxy) is 1. The first-order valence-corrected chi connectivity index (χ1v) is 10.0. The average molecular weight is 398 g/mol. The molecule has 1 fully saturated rings. The number of aliphatic imine (C=N–C) groups is 1. The number of nitrogens with two attached hydrogens (primary N) is 1. The Kier molecular flexibility index (Phi) is 6.87. The highest BCUT2D eigenvalue weighted by Crippen LogP contribution is 2.20. The van der Waals surface area contributed by atoms with E-state index in [0.29, 0.717) is 17.9 Å². The minimum atomic E-state index is 0.321. The molecule has 2 heterocycles. The highest BCUT2D eigenvalue weighted by Gasteiger charge is 2.19. The molecule has 8 nitrogen and oxygen atoms in total. The lowest BCUT2D eigenvalue weighted by Gasteiger charge is -2.32. The van der Waals surface area contributed by atoms with Gasteiger partial charge in [-0.05, 0) is 57.1 Å². The summed E-state index contributed by atoms with van der Waals surface area (Å²) < 4.78 is 5.17. The van der Waals surface area contributed by atoms with Crippen molar-refractivity contribution < 1.29 is 4.74 Å². The molecule has 3 N–H and O–H groups in total. The number of anilines is 2. The maximum atomic E-state index is 6.21. The van der Waals surface area contributed by atoms with Gasteiger partial charge in [0.15, 0.2) is 0 Å². The fourth-order valence-electron chi connectivity index (χ4n) is 3.41. The molecule has 0 amide bonds. The van der Waals surface area contributed by atoms with Gasteiger partial charge in [-0.25, -0.2) is 9.98 Å². The Morgan fingerprint density at radius 1 is 1.34 bits per heavy atom. The van der Waals surface area contributed by atoms with Crippen LogP contribution in [0.1, 0.15) is 25.5 Å². The van der Waals surface area contributed by atoms with E-state index in [4.69, 9.17) is 10.5 Å². The Balaban J connectivity index is 1.74. The number of piperidine rings is 1. The predicted octanol–water partition coefficient (Wildman–Crippen LogP) is 2.77.